The lowest BCUT2D eigenvalue weighted by molar-refractivity contribution is -0.305. The highest BCUT2D eigenvalue weighted by atomic mass is 16.7. The predicted octanol–water partition coefficient (Wildman–Crippen LogP) is 5.18. The summed E-state index contributed by atoms with van der Waals surface area (Å²) in [6.07, 6.45) is 0.591. The molecule has 3 aromatic rings. The van der Waals surface area contributed by atoms with Gasteiger partial charge in [0.25, 0.3) is 0 Å². The highest BCUT2D eigenvalue weighted by Gasteiger charge is 2.46. The molecule has 0 aliphatic carbocycles. The van der Waals surface area contributed by atoms with Gasteiger partial charge >= 0.3 is 0 Å². The maximum absolute atomic E-state index is 10.9. The third-order valence-corrected chi connectivity index (χ3v) is 7.45. The Morgan fingerprint density at radius 3 is 1.64 bits per heavy atom. The van der Waals surface area contributed by atoms with Gasteiger partial charge in [0.1, 0.15) is 30.0 Å². The van der Waals surface area contributed by atoms with Crippen molar-refractivity contribution in [2.45, 2.75) is 81.8 Å². The largest absolute Gasteiger partial charge is 0.387 e. The van der Waals surface area contributed by atoms with Crippen LogP contribution in [0.4, 0.5) is 0 Å². The minimum absolute atomic E-state index is 0.0412. The van der Waals surface area contributed by atoms with Crippen LogP contribution in [0.1, 0.15) is 62.1 Å². The first kappa shape index (κ1) is 29.4. The van der Waals surface area contributed by atoms with Crippen molar-refractivity contribution in [2.75, 3.05) is 13.2 Å². The molecule has 1 fully saturated rings. The van der Waals surface area contributed by atoms with Gasteiger partial charge in [-0.3, -0.25) is 0 Å². The summed E-state index contributed by atoms with van der Waals surface area (Å²) in [7, 11) is 0. The number of aliphatic hydroxyl groups excluding tert-OH is 3. The number of hydrogen-bond acceptors (Lipinski definition) is 6. The van der Waals surface area contributed by atoms with Crippen LogP contribution in [0.5, 0.6) is 0 Å². The molecule has 6 heteroatoms. The van der Waals surface area contributed by atoms with Crippen molar-refractivity contribution in [1.82, 2.24) is 0 Å². The third-order valence-electron chi connectivity index (χ3n) is 7.45. The number of ether oxygens (including phenoxy) is 3. The second-order valence-electron chi connectivity index (χ2n) is 10.2. The summed E-state index contributed by atoms with van der Waals surface area (Å²) >= 11 is 0. The molecular weight excluding hydrogens is 492 g/mol. The van der Waals surface area contributed by atoms with Crippen molar-refractivity contribution < 1.29 is 29.5 Å². The van der Waals surface area contributed by atoms with Crippen LogP contribution in [0.15, 0.2) is 91.0 Å². The molecule has 0 saturated carbocycles. The number of aliphatic hydroxyl groups is 3. The van der Waals surface area contributed by atoms with Crippen molar-refractivity contribution in [3.8, 4) is 0 Å². The Bertz CT molecular complexity index is 980. The van der Waals surface area contributed by atoms with Crippen molar-refractivity contribution in [1.29, 1.82) is 0 Å². The minimum Gasteiger partial charge on any atom is -0.387 e. The molecular formula is C33H42O6. The first-order chi connectivity index (χ1) is 19.1. The molecule has 0 bridgehead atoms. The van der Waals surface area contributed by atoms with E-state index in [1.807, 2.05) is 91.0 Å². The van der Waals surface area contributed by atoms with Gasteiger partial charge in [-0.05, 0) is 23.1 Å². The normalized spacial score (nSPS) is 23.5. The topological polar surface area (TPSA) is 88.4 Å². The lowest BCUT2D eigenvalue weighted by Crippen LogP contribution is -2.59. The van der Waals surface area contributed by atoms with E-state index < -0.39 is 36.3 Å². The van der Waals surface area contributed by atoms with Crippen molar-refractivity contribution >= 4 is 0 Å². The van der Waals surface area contributed by atoms with E-state index in [1.165, 1.54) is 19.3 Å². The van der Waals surface area contributed by atoms with Crippen molar-refractivity contribution in [3.63, 3.8) is 0 Å². The van der Waals surface area contributed by atoms with Gasteiger partial charge in [-0.25, -0.2) is 0 Å². The Hall–Kier alpha value is -2.58. The molecule has 3 N–H and O–H groups in total. The summed E-state index contributed by atoms with van der Waals surface area (Å²) in [5.41, 5.74) is 1.76. The number of hydrogen-bond donors (Lipinski definition) is 3. The zero-order chi connectivity index (χ0) is 27.5. The van der Waals surface area contributed by atoms with Gasteiger partial charge in [0.15, 0.2) is 6.29 Å². The number of rotatable bonds is 14. The van der Waals surface area contributed by atoms with Gasteiger partial charge in [-0.15, -0.1) is 0 Å². The zero-order valence-electron chi connectivity index (χ0n) is 22.8. The standard InChI is InChI=1S/C33H42O6/c1-2-3-4-5-6-16-23-37-32-31(36)30(35)29(34)28(39-32)24-38-33(25-17-10-7-11-18-25,26-19-12-8-13-20-26)27-21-14-9-15-22-27/h7-15,17-22,28-32,34-36H,2-6,16,23-24H2,1H3/t28-,29-,30+,31-,32-/m1/s1. The molecule has 6 nitrogen and oxygen atoms in total. The first-order valence-corrected chi connectivity index (χ1v) is 14.2. The van der Waals surface area contributed by atoms with Crippen LogP contribution in [-0.2, 0) is 19.8 Å². The number of unbranched alkanes of at least 4 members (excludes halogenated alkanes) is 5. The van der Waals surface area contributed by atoms with Gasteiger partial charge in [-0.2, -0.15) is 0 Å². The maximum Gasteiger partial charge on any atom is 0.186 e. The Morgan fingerprint density at radius 2 is 1.13 bits per heavy atom. The molecule has 0 aromatic heterocycles. The molecule has 0 unspecified atom stereocenters. The summed E-state index contributed by atoms with van der Waals surface area (Å²) in [5.74, 6) is 0. The smallest absolute Gasteiger partial charge is 0.186 e. The summed E-state index contributed by atoms with van der Waals surface area (Å²) < 4.78 is 18.6. The lowest BCUT2D eigenvalue weighted by Gasteiger charge is -2.42. The summed E-state index contributed by atoms with van der Waals surface area (Å²) in [6, 6.07) is 29.8. The van der Waals surface area contributed by atoms with E-state index in [1.54, 1.807) is 0 Å². The SMILES string of the molecule is CCCCCCCCO[C@@H]1O[C@H](COC(c2ccccc2)(c2ccccc2)c2ccccc2)[C@@H](O)[C@H](O)[C@H]1O. The van der Waals surface area contributed by atoms with E-state index in [0.717, 1.165) is 36.0 Å². The fraction of sp³-hybridized carbons (Fsp3) is 0.455. The molecule has 0 spiro atoms. The Balaban J connectivity index is 1.54. The van der Waals surface area contributed by atoms with Gasteiger partial charge in [0.2, 0.25) is 0 Å². The summed E-state index contributed by atoms with van der Waals surface area (Å²) in [5, 5.41) is 32.1. The van der Waals surface area contributed by atoms with Gasteiger partial charge in [0.05, 0.1) is 6.61 Å². The predicted molar refractivity (Wildman–Crippen MR) is 151 cm³/mol. The van der Waals surface area contributed by atoms with Crippen molar-refractivity contribution in [2.24, 2.45) is 0 Å². The molecule has 4 rings (SSSR count). The molecule has 1 aliphatic rings. The number of benzene rings is 3. The fourth-order valence-electron chi connectivity index (χ4n) is 5.25. The average Bonchev–Trinajstić information content (AvgIpc) is 2.99. The van der Waals surface area contributed by atoms with E-state index in [-0.39, 0.29) is 6.61 Å². The second kappa shape index (κ2) is 14.7. The highest BCUT2D eigenvalue weighted by Crippen LogP contribution is 2.41. The molecule has 1 aliphatic heterocycles. The lowest BCUT2D eigenvalue weighted by atomic mass is 9.80. The minimum atomic E-state index is -1.42. The molecule has 210 valence electrons. The first-order valence-electron chi connectivity index (χ1n) is 14.2. The highest BCUT2D eigenvalue weighted by molar-refractivity contribution is 5.47. The van der Waals surface area contributed by atoms with E-state index >= 15 is 0 Å². The Labute approximate surface area is 232 Å². The fourth-order valence-corrected chi connectivity index (χ4v) is 5.25. The van der Waals surface area contributed by atoms with Crippen LogP contribution < -0.4 is 0 Å². The molecule has 1 heterocycles. The maximum atomic E-state index is 10.9. The van der Waals surface area contributed by atoms with E-state index in [0.29, 0.717) is 6.61 Å². The van der Waals surface area contributed by atoms with Crippen molar-refractivity contribution in [3.05, 3.63) is 108 Å². The van der Waals surface area contributed by atoms with Gasteiger partial charge < -0.3 is 29.5 Å². The van der Waals surface area contributed by atoms with E-state index in [9.17, 15) is 15.3 Å². The van der Waals surface area contributed by atoms with Crippen LogP contribution in [0, 0.1) is 0 Å². The van der Waals surface area contributed by atoms with Crippen LogP contribution in [0.2, 0.25) is 0 Å². The Kier molecular flexibility index (Phi) is 11.1. The summed E-state index contributed by atoms with van der Waals surface area (Å²) in [4.78, 5) is 0. The molecule has 1 saturated heterocycles. The molecule has 5 atom stereocenters. The van der Waals surface area contributed by atoms with Crippen LogP contribution >= 0.6 is 0 Å². The van der Waals surface area contributed by atoms with E-state index in [4.69, 9.17) is 14.2 Å². The van der Waals surface area contributed by atoms with Gasteiger partial charge in [-0.1, -0.05) is 130 Å². The van der Waals surface area contributed by atoms with Crippen LogP contribution in [-0.4, -0.2) is 59.2 Å². The average molecular weight is 535 g/mol. The molecule has 3 aromatic carbocycles. The molecule has 39 heavy (non-hydrogen) atoms. The monoisotopic (exact) mass is 534 g/mol. The quantitative estimate of drug-likeness (QED) is 0.195. The second-order valence-corrected chi connectivity index (χ2v) is 10.2. The van der Waals surface area contributed by atoms with Crippen LogP contribution in [0.3, 0.4) is 0 Å². The van der Waals surface area contributed by atoms with Crippen LogP contribution in [0.25, 0.3) is 0 Å². The summed E-state index contributed by atoms with van der Waals surface area (Å²) in [6.45, 7) is 2.56. The van der Waals surface area contributed by atoms with E-state index in [2.05, 4.69) is 6.92 Å². The molecule has 0 amide bonds. The van der Waals surface area contributed by atoms with Gasteiger partial charge in [0, 0.05) is 6.61 Å². The molecule has 0 radical (unpaired) electrons. The third kappa shape index (κ3) is 7.14. The Morgan fingerprint density at radius 1 is 0.641 bits per heavy atom. The zero-order valence-corrected chi connectivity index (χ0v) is 22.8.